The van der Waals surface area contributed by atoms with E-state index < -0.39 is 0 Å². The Hall–Kier alpha value is -2.36. The Bertz CT molecular complexity index is 926. The number of carbonyl (C=O) groups excluding carboxylic acids is 1. The molecule has 0 radical (unpaired) electrons. The fraction of sp³-hybridized carbons (Fsp3) is 0.500. The van der Waals surface area contributed by atoms with Crippen LogP contribution in [0.1, 0.15) is 48.1 Å². The number of amides is 1. The standard InChI is InChI=1S/C24H30N2O2/c1-16-7-17(2)9-19(8-16)10-18(3)11-24(28)25-13-20-12-21(15-25)22-5-4-6-23(27)26(22)14-20/h4-9,18,20-21H,10-15H2,1-3H3/t18-,20-,21+/m1/s1. The van der Waals surface area contributed by atoms with Crippen LogP contribution in [0.3, 0.4) is 0 Å². The molecular formula is C24H30N2O2. The topological polar surface area (TPSA) is 42.3 Å². The van der Waals surface area contributed by atoms with Crippen LogP contribution in [0.15, 0.2) is 41.2 Å². The summed E-state index contributed by atoms with van der Waals surface area (Å²) in [6.45, 7) is 8.70. The average molecular weight is 379 g/mol. The van der Waals surface area contributed by atoms with E-state index in [-0.39, 0.29) is 11.5 Å². The lowest BCUT2D eigenvalue weighted by Crippen LogP contribution is -2.49. The van der Waals surface area contributed by atoms with Gasteiger partial charge in [0.1, 0.15) is 0 Å². The summed E-state index contributed by atoms with van der Waals surface area (Å²) < 4.78 is 1.92. The first-order valence-corrected chi connectivity index (χ1v) is 10.4. The quantitative estimate of drug-likeness (QED) is 0.814. The van der Waals surface area contributed by atoms with E-state index in [4.69, 9.17) is 0 Å². The predicted molar refractivity (Wildman–Crippen MR) is 112 cm³/mol. The van der Waals surface area contributed by atoms with E-state index in [1.807, 2.05) is 10.6 Å². The van der Waals surface area contributed by atoms with Gasteiger partial charge in [0.25, 0.3) is 5.56 Å². The van der Waals surface area contributed by atoms with Crippen molar-refractivity contribution in [1.82, 2.24) is 9.47 Å². The predicted octanol–water partition coefficient (Wildman–Crippen LogP) is 3.68. The third-order valence-electron chi connectivity index (χ3n) is 6.22. The molecule has 3 atom stereocenters. The summed E-state index contributed by atoms with van der Waals surface area (Å²) in [4.78, 5) is 27.2. The van der Waals surface area contributed by atoms with Gasteiger partial charge < -0.3 is 9.47 Å². The normalized spacial score (nSPS) is 21.9. The maximum Gasteiger partial charge on any atom is 0.250 e. The molecule has 1 aromatic carbocycles. The van der Waals surface area contributed by atoms with E-state index >= 15 is 0 Å². The van der Waals surface area contributed by atoms with Crippen LogP contribution in [0.25, 0.3) is 0 Å². The second kappa shape index (κ2) is 7.57. The third-order valence-corrected chi connectivity index (χ3v) is 6.22. The summed E-state index contributed by atoms with van der Waals surface area (Å²) in [5, 5.41) is 0. The Balaban J connectivity index is 1.41. The molecule has 4 heteroatoms. The molecule has 1 aromatic heterocycles. The first-order valence-electron chi connectivity index (χ1n) is 10.4. The van der Waals surface area contributed by atoms with Gasteiger partial charge >= 0.3 is 0 Å². The SMILES string of the molecule is Cc1cc(C)cc(C[C@@H](C)CC(=O)N2C[C@H]3C[C@@H](C2)c2cccc(=O)n2C3)c1. The monoisotopic (exact) mass is 378 g/mol. The van der Waals surface area contributed by atoms with Gasteiger partial charge in [0.05, 0.1) is 0 Å². The van der Waals surface area contributed by atoms with Crippen molar-refractivity contribution in [2.24, 2.45) is 11.8 Å². The fourth-order valence-corrected chi connectivity index (χ4v) is 5.19. The van der Waals surface area contributed by atoms with Crippen LogP contribution in [0, 0.1) is 25.7 Å². The minimum Gasteiger partial charge on any atom is -0.342 e. The van der Waals surface area contributed by atoms with Crippen molar-refractivity contribution in [3.05, 3.63) is 69.1 Å². The highest BCUT2D eigenvalue weighted by molar-refractivity contribution is 5.76. The molecule has 2 aliphatic heterocycles. The lowest BCUT2D eigenvalue weighted by Gasteiger charge is -2.43. The van der Waals surface area contributed by atoms with Crippen molar-refractivity contribution in [2.45, 2.75) is 52.5 Å². The Morgan fingerprint density at radius 2 is 1.86 bits per heavy atom. The number of pyridine rings is 1. The molecule has 148 valence electrons. The van der Waals surface area contributed by atoms with E-state index in [1.54, 1.807) is 6.07 Å². The summed E-state index contributed by atoms with van der Waals surface area (Å²) in [5.74, 6) is 1.27. The van der Waals surface area contributed by atoms with E-state index in [9.17, 15) is 9.59 Å². The maximum absolute atomic E-state index is 13.0. The highest BCUT2D eigenvalue weighted by atomic mass is 16.2. The Morgan fingerprint density at radius 3 is 2.61 bits per heavy atom. The molecule has 1 amide bonds. The molecule has 2 bridgehead atoms. The highest BCUT2D eigenvalue weighted by Gasteiger charge is 2.36. The number of piperidine rings is 1. The first-order chi connectivity index (χ1) is 13.4. The van der Waals surface area contributed by atoms with Crippen LogP contribution >= 0.6 is 0 Å². The number of hydrogen-bond donors (Lipinski definition) is 0. The number of hydrogen-bond acceptors (Lipinski definition) is 2. The number of rotatable bonds is 4. The van der Waals surface area contributed by atoms with Crippen molar-refractivity contribution < 1.29 is 4.79 Å². The van der Waals surface area contributed by atoms with Crippen LogP contribution in [-0.4, -0.2) is 28.5 Å². The zero-order chi connectivity index (χ0) is 19.8. The number of aromatic nitrogens is 1. The van der Waals surface area contributed by atoms with Gasteiger partial charge in [-0.1, -0.05) is 42.3 Å². The molecule has 1 saturated heterocycles. The van der Waals surface area contributed by atoms with E-state index in [0.29, 0.717) is 24.2 Å². The molecule has 2 aromatic rings. The van der Waals surface area contributed by atoms with Crippen LogP contribution in [0.2, 0.25) is 0 Å². The van der Waals surface area contributed by atoms with Crippen molar-refractivity contribution in [3.8, 4) is 0 Å². The lowest BCUT2D eigenvalue weighted by molar-refractivity contribution is -0.134. The molecule has 0 aliphatic carbocycles. The molecule has 3 heterocycles. The molecule has 0 N–H and O–H groups in total. The number of nitrogens with zero attached hydrogens (tertiary/aromatic N) is 2. The summed E-state index contributed by atoms with van der Waals surface area (Å²) in [6.07, 6.45) is 2.62. The van der Waals surface area contributed by atoms with Gasteiger partial charge in [0.15, 0.2) is 0 Å². The molecule has 2 aliphatic rings. The van der Waals surface area contributed by atoms with Gasteiger partial charge in [0, 0.05) is 43.7 Å². The number of likely N-dealkylation sites (tertiary alicyclic amines) is 1. The zero-order valence-corrected chi connectivity index (χ0v) is 17.1. The minimum absolute atomic E-state index is 0.0917. The zero-order valence-electron chi connectivity index (χ0n) is 17.1. The van der Waals surface area contributed by atoms with Gasteiger partial charge in [-0.25, -0.2) is 0 Å². The van der Waals surface area contributed by atoms with Gasteiger partial charge in [-0.15, -0.1) is 0 Å². The fourth-order valence-electron chi connectivity index (χ4n) is 5.19. The second-order valence-corrected chi connectivity index (χ2v) is 9.01. The van der Waals surface area contributed by atoms with E-state index in [0.717, 1.165) is 38.2 Å². The first kappa shape index (κ1) is 19.0. The van der Waals surface area contributed by atoms with Gasteiger partial charge in [-0.3, -0.25) is 9.59 Å². The lowest BCUT2D eigenvalue weighted by atomic mass is 9.83. The molecule has 0 unspecified atom stereocenters. The minimum atomic E-state index is 0.0917. The molecule has 4 rings (SSSR count). The van der Waals surface area contributed by atoms with Crippen LogP contribution in [-0.2, 0) is 17.8 Å². The summed E-state index contributed by atoms with van der Waals surface area (Å²) in [5.41, 5.74) is 5.08. The van der Waals surface area contributed by atoms with Crippen molar-refractivity contribution >= 4 is 5.91 Å². The Kier molecular flexibility index (Phi) is 5.13. The Labute approximate surface area is 167 Å². The van der Waals surface area contributed by atoms with Gasteiger partial charge in [-0.05, 0) is 50.2 Å². The van der Waals surface area contributed by atoms with Gasteiger partial charge in [-0.2, -0.15) is 0 Å². The number of fused-ring (bicyclic) bond motifs is 4. The van der Waals surface area contributed by atoms with E-state index in [2.05, 4.69) is 49.9 Å². The van der Waals surface area contributed by atoms with Crippen molar-refractivity contribution in [2.75, 3.05) is 13.1 Å². The van der Waals surface area contributed by atoms with Crippen molar-refractivity contribution in [3.63, 3.8) is 0 Å². The molecule has 4 nitrogen and oxygen atoms in total. The molecule has 1 fully saturated rings. The largest absolute Gasteiger partial charge is 0.342 e. The summed E-state index contributed by atoms with van der Waals surface area (Å²) in [7, 11) is 0. The van der Waals surface area contributed by atoms with Crippen LogP contribution in [0.4, 0.5) is 0 Å². The smallest absolute Gasteiger partial charge is 0.250 e. The number of carbonyl (C=O) groups is 1. The number of benzene rings is 1. The van der Waals surface area contributed by atoms with E-state index in [1.165, 1.54) is 16.7 Å². The van der Waals surface area contributed by atoms with Crippen LogP contribution < -0.4 is 5.56 Å². The van der Waals surface area contributed by atoms with Crippen LogP contribution in [0.5, 0.6) is 0 Å². The third kappa shape index (κ3) is 3.91. The molecule has 0 saturated carbocycles. The van der Waals surface area contributed by atoms with Crippen molar-refractivity contribution in [1.29, 1.82) is 0 Å². The number of aryl methyl sites for hydroxylation is 2. The maximum atomic E-state index is 13.0. The van der Waals surface area contributed by atoms with Gasteiger partial charge in [0.2, 0.25) is 5.91 Å². The highest BCUT2D eigenvalue weighted by Crippen LogP contribution is 2.35. The molecule has 0 spiro atoms. The second-order valence-electron chi connectivity index (χ2n) is 9.01. The average Bonchev–Trinajstić information content (AvgIpc) is 2.61. The Morgan fingerprint density at radius 1 is 1.11 bits per heavy atom. The summed E-state index contributed by atoms with van der Waals surface area (Å²) in [6, 6.07) is 12.2. The molecule has 28 heavy (non-hydrogen) atoms. The summed E-state index contributed by atoms with van der Waals surface area (Å²) >= 11 is 0. The molecular weight excluding hydrogens is 348 g/mol.